The summed E-state index contributed by atoms with van der Waals surface area (Å²) < 4.78 is 0. The molecule has 2 aromatic rings. The molecule has 0 saturated heterocycles. The van der Waals surface area contributed by atoms with E-state index in [1.54, 1.807) is 23.3 Å². The van der Waals surface area contributed by atoms with E-state index in [-0.39, 0.29) is 23.2 Å². The minimum Gasteiger partial charge on any atom is -0.478 e. The number of aromatic carboxylic acids is 1. The normalized spacial score (nSPS) is 12.0. The van der Waals surface area contributed by atoms with Gasteiger partial charge in [-0.2, -0.15) is 0 Å². The van der Waals surface area contributed by atoms with Crippen LogP contribution in [0.15, 0.2) is 18.3 Å². The van der Waals surface area contributed by atoms with Crippen molar-refractivity contribution in [3.8, 4) is 0 Å². The number of hydrogen-bond donors (Lipinski definition) is 1. The highest BCUT2D eigenvalue weighted by Crippen LogP contribution is 2.28. The van der Waals surface area contributed by atoms with Crippen LogP contribution in [-0.4, -0.2) is 38.9 Å². The molecule has 116 valence electrons. The maximum absolute atomic E-state index is 12.5. The van der Waals surface area contributed by atoms with Gasteiger partial charge in [0.05, 0.1) is 22.3 Å². The standard InChI is InChI=1S/C15H17N3O3S/c1-8-13(22-10(3)17-8)9(2)18(4)14(19)12-7-11(15(20)21)5-6-16-12/h5-7,9H,1-4H3,(H,20,21). The number of aryl methyl sites for hydroxylation is 2. The molecular weight excluding hydrogens is 302 g/mol. The summed E-state index contributed by atoms with van der Waals surface area (Å²) >= 11 is 1.55. The van der Waals surface area contributed by atoms with E-state index in [2.05, 4.69) is 9.97 Å². The summed E-state index contributed by atoms with van der Waals surface area (Å²) in [6, 6.07) is 2.49. The molecule has 2 heterocycles. The van der Waals surface area contributed by atoms with Crippen molar-refractivity contribution in [3.63, 3.8) is 0 Å². The number of carbonyl (C=O) groups excluding carboxylic acids is 1. The molecule has 0 saturated carbocycles. The number of amides is 1. The van der Waals surface area contributed by atoms with Gasteiger partial charge in [0.2, 0.25) is 0 Å². The molecule has 0 radical (unpaired) electrons. The molecular formula is C15H17N3O3S. The van der Waals surface area contributed by atoms with E-state index in [4.69, 9.17) is 5.11 Å². The average molecular weight is 319 g/mol. The Balaban J connectivity index is 2.27. The van der Waals surface area contributed by atoms with Gasteiger partial charge in [-0.25, -0.2) is 9.78 Å². The average Bonchev–Trinajstić information content (AvgIpc) is 2.83. The van der Waals surface area contributed by atoms with Crippen LogP contribution in [0.5, 0.6) is 0 Å². The molecule has 0 spiro atoms. The van der Waals surface area contributed by atoms with Crippen molar-refractivity contribution in [2.75, 3.05) is 7.05 Å². The summed E-state index contributed by atoms with van der Waals surface area (Å²) in [5.74, 6) is -1.40. The number of hydrogen-bond acceptors (Lipinski definition) is 5. The molecule has 0 aliphatic heterocycles. The maximum Gasteiger partial charge on any atom is 0.335 e. The fourth-order valence-electron chi connectivity index (χ4n) is 2.15. The van der Waals surface area contributed by atoms with Gasteiger partial charge in [-0.1, -0.05) is 0 Å². The Hall–Kier alpha value is -2.28. The second-order valence-corrected chi connectivity index (χ2v) is 6.24. The molecule has 0 aliphatic rings. The Kier molecular flexibility index (Phi) is 4.56. The quantitative estimate of drug-likeness (QED) is 0.936. The molecule has 0 bridgehead atoms. The van der Waals surface area contributed by atoms with Gasteiger partial charge >= 0.3 is 5.97 Å². The number of nitrogens with zero attached hydrogens (tertiary/aromatic N) is 3. The van der Waals surface area contributed by atoms with E-state index in [1.165, 1.54) is 18.3 Å². The second kappa shape index (κ2) is 6.23. The largest absolute Gasteiger partial charge is 0.478 e. The molecule has 6 nitrogen and oxygen atoms in total. The lowest BCUT2D eigenvalue weighted by Gasteiger charge is -2.24. The van der Waals surface area contributed by atoms with Crippen LogP contribution in [0.4, 0.5) is 0 Å². The molecule has 22 heavy (non-hydrogen) atoms. The highest BCUT2D eigenvalue weighted by molar-refractivity contribution is 7.11. The number of thiazole rings is 1. The van der Waals surface area contributed by atoms with Gasteiger partial charge in [-0.05, 0) is 32.9 Å². The molecule has 1 amide bonds. The molecule has 0 aliphatic carbocycles. The van der Waals surface area contributed by atoms with E-state index in [1.807, 2.05) is 20.8 Å². The smallest absolute Gasteiger partial charge is 0.335 e. The fraction of sp³-hybridized carbons (Fsp3) is 0.333. The number of carboxylic acid groups (broad SMARTS) is 1. The lowest BCUT2D eigenvalue weighted by Crippen LogP contribution is -2.30. The Morgan fingerprint density at radius 3 is 2.59 bits per heavy atom. The van der Waals surface area contributed by atoms with Crippen LogP contribution >= 0.6 is 11.3 Å². The van der Waals surface area contributed by atoms with Gasteiger partial charge in [0, 0.05) is 18.1 Å². The lowest BCUT2D eigenvalue weighted by atomic mass is 10.1. The predicted molar refractivity (Wildman–Crippen MR) is 83.3 cm³/mol. The molecule has 1 atom stereocenters. The molecule has 2 aromatic heterocycles. The van der Waals surface area contributed by atoms with Crippen LogP contribution < -0.4 is 0 Å². The topological polar surface area (TPSA) is 83.4 Å². The zero-order valence-electron chi connectivity index (χ0n) is 12.8. The van der Waals surface area contributed by atoms with E-state index < -0.39 is 5.97 Å². The van der Waals surface area contributed by atoms with Gasteiger partial charge in [0.25, 0.3) is 5.91 Å². The molecule has 1 unspecified atom stereocenters. The van der Waals surface area contributed by atoms with Crippen LogP contribution in [-0.2, 0) is 0 Å². The summed E-state index contributed by atoms with van der Waals surface area (Å²) in [6.07, 6.45) is 1.33. The van der Waals surface area contributed by atoms with E-state index >= 15 is 0 Å². The van der Waals surface area contributed by atoms with Crippen LogP contribution in [0.2, 0.25) is 0 Å². The Bertz CT molecular complexity index is 727. The lowest BCUT2D eigenvalue weighted by molar-refractivity contribution is 0.0696. The van der Waals surface area contributed by atoms with Crippen LogP contribution in [0.1, 0.15) is 49.4 Å². The zero-order chi connectivity index (χ0) is 16.4. The Morgan fingerprint density at radius 2 is 2.05 bits per heavy atom. The molecule has 0 aromatic carbocycles. The zero-order valence-corrected chi connectivity index (χ0v) is 13.6. The van der Waals surface area contributed by atoms with Gasteiger partial charge in [0.1, 0.15) is 5.69 Å². The van der Waals surface area contributed by atoms with Crippen molar-refractivity contribution in [2.24, 2.45) is 0 Å². The summed E-state index contributed by atoms with van der Waals surface area (Å²) in [4.78, 5) is 34.4. The first kappa shape index (κ1) is 16.1. The molecule has 0 fully saturated rings. The van der Waals surface area contributed by atoms with Crippen molar-refractivity contribution < 1.29 is 14.7 Å². The van der Waals surface area contributed by atoms with E-state index in [0.29, 0.717) is 0 Å². The highest BCUT2D eigenvalue weighted by Gasteiger charge is 2.23. The summed E-state index contributed by atoms with van der Waals surface area (Å²) in [6.45, 7) is 5.75. The van der Waals surface area contributed by atoms with Crippen molar-refractivity contribution in [1.29, 1.82) is 0 Å². The van der Waals surface area contributed by atoms with Gasteiger partial charge in [-0.15, -0.1) is 11.3 Å². The minimum absolute atomic E-state index is 0.0456. The van der Waals surface area contributed by atoms with Gasteiger partial charge < -0.3 is 10.0 Å². The number of carbonyl (C=O) groups is 2. The first-order valence-electron chi connectivity index (χ1n) is 6.71. The number of rotatable bonds is 4. The summed E-state index contributed by atoms with van der Waals surface area (Å²) in [5.41, 5.74) is 1.07. The molecule has 1 N–H and O–H groups in total. The fourth-order valence-corrected chi connectivity index (χ4v) is 3.17. The van der Waals surface area contributed by atoms with Crippen molar-refractivity contribution in [2.45, 2.75) is 26.8 Å². The molecule has 7 heteroatoms. The number of pyridine rings is 1. The van der Waals surface area contributed by atoms with Crippen molar-refractivity contribution >= 4 is 23.2 Å². The third-order valence-electron chi connectivity index (χ3n) is 3.45. The SMILES string of the molecule is Cc1nc(C)c(C(C)N(C)C(=O)c2cc(C(=O)O)ccn2)s1. The van der Waals surface area contributed by atoms with Gasteiger partial charge in [-0.3, -0.25) is 9.78 Å². The Morgan fingerprint density at radius 1 is 1.36 bits per heavy atom. The summed E-state index contributed by atoms with van der Waals surface area (Å²) in [7, 11) is 1.68. The van der Waals surface area contributed by atoms with Gasteiger partial charge in [0.15, 0.2) is 0 Å². The monoisotopic (exact) mass is 319 g/mol. The maximum atomic E-state index is 12.5. The summed E-state index contributed by atoms with van der Waals surface area (Å²) in [5, 5.41) is 9.95. The molecule has 2 rings (SSSR count). The second-order valence-electron chi connectivity index (χ2n) is 5.01. The number of carboxylic acids is 1. The predicted octanol–water partition coefficient (Wildman–Crippen LogP) is 2.69. The third-order valence-corrected chi connectivity index (χ3v) is 4.69. The van der Waals surface area contributed by atoms with Crippen LogP contribution in [0, 0.1) is 13.8 Å². The minimum atomic E-state index is -1.08. The van der Waals surface area contributed by atoms with Crippen molar-refractivity contribution in [1.82, 2.24) is 14.9 Å². The number of aromatic nitrogens is 2. The first-order chi connectivity index (χ1) is 10.3. The van der Waals surface area contributed by atoms with Crippen molar-refractivity contribution in [3.05, 3.63) is 45.2 Å². The van der Waals surface area contributed by atoms with Crippen LogP contribution in [0.25, 0.3) is 0 Å². The van der Waals surface area contributed by atoms with E-state index in [0.717, 1.165) is 15.6 Å². The highest BCUT2D eigenvalue weighted by atomic mass is 32.1. The third kappa shape index (κ3) is 3.14. The van der Waals surface area contributed by atoms with E-state index in [9.17, 15) is 9.59 Å². The van der Waals surface area contributed by atoms with Crippen LogP contribution in [0.3, 0.4) is 0 Å². The first-order valence-corrected chi connectivity index (χ1v) is 7.53. The Labute approximate surface area is 132 Å².